The normalized spacial score (nSPS) is 20.1. The van der Waals surface area contributed by atoms with Crippen molar-refractivity contribution in [1.82, 2.24) is 0 Å². The number of rotatable bonds is 7. The van der Waals surface area contributed by atoms with Gasteiger partial charge in [0.05, 0.1) is 12.7 Å². The summed E-state index contributed by atoms with van der Waals surface area (Å²) in [4.78, 5) is 0. The summed E-state index contributed by atoms with van der Waals surface area (Å²) in [6.45, 7) is 3.32. The van der Waals surface area contributed by atoms with Crippen LogP contribution in [0.4, 0.5) is 4.39 Å². The van der Waals surface area contributed by atoms with Gasteiger partial charge in [0.15, 0.2) is 11.6 Å². The molecule has 0 aromatic heterocycles. The van der Waals surface area contributed by atoms with E-state index >= 15 is 0 Å². The topological polar surface area (TPSA) is 44.5 Å². The Kier molecular flexibility index (Phi) is 5.80. The molecule has 2 atom stereocenters. The number of hydrogen-bond acceptors (Lipinski definition) is 3. The highest BCUT2D eigenvalue weighted by atomic mass is 19.1. The van der Waals surface area contributed by atoms with E-state index < -0.39 is 0 Å². The second-order valence-electron chi connectivity index (χ2n) is 5.57. The number of nitrogens with two attached hydrogens (primary N) is 1. The summed E-state index contributed by atoms with van der Waals surface area (Å²) in [5, 5.41) is 0. The lowest BCUT2D eigenvalue weighted by Gasteiger charge is -2.11. The van der Waals surface area contributed by atoms with Gasteiger partial charge in [-0.25, -0.2) is 4.39 Å². The smallest absolute Gasteiger partial charge is 0.165 e. The molecule has 1 aliphatic heterocycles. The minimum absolute atomic E-state index is 0.0348. The van der Waals surface area contributed by atoms with Gasteiger partial charge < -0.3 is 15.2 Å². The number of halogens is 1. The zero-order valence-corrected chi connectivity index (χ0v) is 12.1. The lowest BCUT2D eigenvalue weighted by Crippen LogP contribution is -2.17. The van der Waals surface area contributed by atoms with Crippen molar-refractivity contribution in [2.45, 2.75) is 51.2 Å². The molecule has 2 unspecified atom stereocenters. The van der Waals surface area contributed by atoms with Crippen molar-refractivity contribution in [3.8, 4) is 5.75 Å². The van der Waals surface area contributed by atoms with Gasteiger partial charge in [-0.15, -0.1) is 0 Å². The number of ether oxygens (including phenoxy) is 2. The second kappa shape index (κ2) is 7.60. The minimum atomic E-state index is -0.305. The first-order valence-corrected chi connectivity index (χ1v) is 7.43. The Balaban J connectivity index is 1.74. The number of hydrogen-bond donors (Lipinski definition) is 1. The Morgan fingerprint density at radius 1 is 1.50 bits per heavy atom. The lowest BCUT2D eigenvalue weighted by atomic mass is 10.1. The predicted octanol–water partition coefficient (Wildman–Crippen LogP) is 3.05. The van der Waals surface area contributed by atoms with E-state index in [0.29, 0.717) is 24.9 Å². The van der Waals surface area contributed by atoms with Crippen molar-refractivity contribution >= 4 is 0 Å². The molecule has 0 saturated carbocycles. The highest BCUT2D eigenvalue weighted by molar-refractivity contribution is 5.29. The van der Waals surface area contributed by atoms with Crippen LogP contribution in [0.5, 0.6) is 5.75 Å². The minimum Gasteiger partial charge on any atom is -0.491 e. The Morgan fingerprint density at radius 3 is 3.00 bits per heavy atom. The standard InChI is InChI=1S/C16H24FNO2/c1-12(18)10-13-6-7-16(15(17)11-13)20-9-3-5-14-4-2-8-19-14/h6-7,11-12,14H,2-5,8-10,18H2,1H3. The zero-order chi connectivity index (χ0) is 14.4. The zero-order valence-electron chi connectivity index (χ0n) is 12.1. The second-order valence-corrected chi connectivity index (χ2v) is 5.57. The van der Waals surface area contributed by atoms with Gasteiger partial charge >= 0.3 is 0 Å². The third-order valence-electron chi connectivity index (χ3n) is 3.51. The van der Waals surface area contributed by atoms with E-state index in [0.717, 1.165) is 37.9 Å². The fraction of sp³-hybridized carbons (Fsp3) is 0.625. The van der Waals surface area contributed by atoms with Crippen LogP contribution in [0.3, 0.4) is 0 Å². The third kappa shape index (κ3) is 4.76. The third-order valence-corrected chi connectivity index (χ3v) is 3.51. The fourth-order valence-corrected chi connectivity index (χ4v) is 2.53. The van der Waals surface area contributed by atoms with Gasteiger partial charge in [0, 0.05) is 12.6 Å². The molecular formula is C16H24FNO2. The SMILES string of the molecule is CC(N)Cc1ccc(OCCCC2CCCO2)c(F)c1. The van der Waals surface area contributed by atoms with Gasteiger partial charge in [0.25, 0.3) is 0 Å². The van der Waals surface area contributed by atoms with E-state index in [1.54, 1.807) is 6.07 Å². The molecule has 1 aromatic carbocycles. The van der Waals surface area contributed by atoms with Crippen molar-refractivity contribution in [2.24, 2.45) is 5.73 Å². The molecule has 20 heavy (non-hydrogen) atoms. The van der Waals surface area contributed by atoms with Gasteiger partial charge in [-0.05, 0) is 56.7 Å². The van der Waals surface area contributed by atoms with Crippen LogP contribution in [0, 0.1) is 5.82 Å². The van der Waals surface area contributed by atoms with Crippen molar-refractivity contribution in [1.29, 1.82) is 0 Å². The Morgan fingerprint density at radius 2 is 2.35 bits per heavy atom. The summed E-state index contributed by atoms with van der Waals surface area (Å²) >= 11 is 0. The molecule has 112 valence electrons. The van der Waals surface area contributed by atoms with Gasteiger partial charge in [-0.1, -0.05) is 6.07 Å². The van der Waals surface area contributed by atoms with Crippen LogP contribution in [-0.2, 0) is 11.2 Å². The maximum atomic E-state index is 13.8. The van der Waals surface area contributed by atoms with Crippen LogP contribution in [0.2, 0.25) is 0 Å². The summed E-state index contributed by atoms with van der Waals surface area (Å²) in [6, 6.07) is 5.12. The molecule has 0 aliphatic carbocycles. The molecule has 2 rings (SSSR count). The first kappa shape index (κ1) is 15.3. The molecule has 0 spiro atoms. The molecule has 1 aromatic rings. The molecule has 1 aliphatic rings. The van der Waals surface area contributed by atoms with E-state index in [1.807, 2.05) is 13.0 Å². The lowest BCUT2D eigenvalue weighted by molar-refractivity contribution is 0.0979. The van der Waals surface area contributed by atoms with E-state index in [1.165, 1.54) is 6.07 Å². The Hall–Kier alpha value is -1.13. The Bertz CT molecular complexity index is 417. The average molecular weight is 281 g/mol. The van der Waals surface area contributed by atoms with E-state index in [-0.39, 0.29) is 11.9 Å². The number of benzene rings is 1. The van der Waals surface area contributed by atoms with Crippen LogP contribution in [-0.4, -0.2) is 25.4 Å². The summed E-state index contributed by atoms with van der Waals surface area (Å²) in [5.41, 5.74) is 6.61. The average Bonchev–Trinajstić information content (AvgIpc) is 2.89. The maximum absolute atomic E-state index is 13.8. The largest absolute Gasteiger partial charge is 0.491 e. The summed E-state index contributed by atoms with van der Waals surface area (Å²) < 4.78 is 24.9. The van der Waals surface area contributed by atoms with Crippen LogP contribution in [0.15, 0.2) is 18.2 Å². The monoisotopic (exact) mass is 281 g/mol. The van der Waals surface area contributed by atoms with Crippen LogP contribution < -0.4 is 10.5 Å². The highest BCUT2D eigenvalue weighted by Gasteiger charge is 2.14. The van der Waals surface area contributed by atoms with E-state index in [4.69, 9.17) is 15.2 Å². The molecule has 1 heterocycles. The first-order valence-electron chi connectivity index (χ1n) is 7.43. The highest BCUT2D eigenvalue weighted by Crippen LogP contribution is 2.21. The summed E-state index contributed by atoms with van der Waals surface area (Å²) in [5.74, 6) is 0.0195. The first-order chi connectivity index (χ1) is 9.65. The molecule has 4 heteroatoms. The van der Waals surface area contributed by atoms with Crippen molar-refractivity contribution < 1.29 is 13.9 Å². The Labute approximate surface area is 120 Å². The van der Waals surface area contributed by atoms with Gasteiger partial charge in [0.2, 0.25) is 0 Å². The van der Waals surface area contributed by atoms with Gasteiger partial charge in [-0.3, -0.25) is 0 Å². The van der Waals surface area contributed by atoms with Crippen molar-refractivity contribution in [3.63, 3.8) is 0 Å². The summed E-state index contributed by atoms with van der Waals surface area (Å²) in [7, 11) is 0. The molecular weight excluding hydrogens is 257 g/mol. The van der Waals surface area contributed by atoms with Crippen LogP contribution >= 0.6 is 0 Å². The molecule has 0 amide bonds. The fourth-order valence-electron chi connectivity index (χ4n) is 2.53. The molecule has 2 N–H and O–H groups in total. The van der Waals surface area contributed by atoms with E-state index in [9.17, 15) is 4.39 Å². The molecule has 1 fully saturated rings. The van der Waals surface area contributed by atoms with Crippen LogP contribution in [0.1, 0.15) is 38.2 Å². The maximum Gasteiger partial charge on any atom is 0.165 e. The molecule has 0 radical (unpaired) electrons. The van der Waals surface area contributed by atoms with Gasteiger partial charge in [0.1, 0.15) is 0 Å². The van der Waals surface area contributed by atoms with Gasteiger partial charge in [-0.2, -0.15) is 0 Å². The predicted molar refractivity (Wildman–Crippen MR) is 77.5 cm³/mol. The van der Waals surface area contributed by atoms with Crippen LogP contribution in [0.25, 0.3) is 0 Å². The summed E-state index contributed by atoms with van der Waals surface area (Å²) in [6.07, 6.45) is 5.23. The van der Waals surface area contributed by atoms with Crippen molar-refractivity contribution in [2.75, 3.05) is 13.2 Å². The molecule has 1 saturated heterocycles. The molecule has 3 nitrogen and oxygen atoms in total. The quantitative estimate of drug-likeness (QED) is 0.781. The van der Waals surface area contributed by atoms with Crippen molar-refractivity contribution in [3.05, 3.63) is 29.6 Å². The molecule has 0 bridgehead atoms. The van der Waals surface area contributed by atoms with E-state index in [2.05, 4.69) is 0 Å².